The lowest BCUT2D eigenvalue weighted by atomic mass is 9.93. The van der Waals surface area contributed by atoms with Gasteiger partial charge < -0.3 is 10.1 Å². The monoisotopic (exact) mass is 363 g/mol. The minimum absolute atomic E-state index is 0.0341. The Bertz CT molecular complexity index is 1120. The Balaban J connectivity index is 1.98. The van der Waals surface area contributed by atoms with Crippen molar-refractivity contribution >= 4 is 32.3 Å². The quantitative estimate of drug-likeness (QED) is 0.509. The Hall–Kier alpha value is -2.43. The van der Waals surface area contributed by atoms with Gasteiger partial charge in [0.25, 0.3) is 5.56 Å². The van der Waals surface area contributed by atoms with E-state index in [4.69, 9.17) is 0 Å². The van der Waals surface area contributed by atoms with Gasteiger partial charge in [-0.25, -0.2) is 0 Å². The summed E-state index contributed by atoms with van der Waals surface area (Å²) in [6.45, 7) is 2.17. The van der Waals surface area contributed by atoms with Gasteiger partial charge in [0.15, 0.2) is 0 Å². The third-order valence-corrected chi connectivity index (χ3v) is 5.83. The summed E-state index contributed by atoms with van der Waals surface area (Å²) in [5.41, 5.74) is 5.03. The van der Waals surface area contributed by atoms with E-state index in [2.05, 4.69) is 36.2 Å². The van der Waals surface area contributed by atoms with E-state index >= 15 is 0 Å². The van der Waals surface area contributed by atoms with Gasteiger partial charge in [-0.3, -0.25) is 4.79 Å². The van der Waals surface area contributed by atoms with Crippen molar-refractivity contribution in [1.29, 1.82) is 0 Å². The van der Waals surface area contributed by atoms with Crippen LogP contribution in [0.15, 0.2) is 52.6 Å². The Morgan fingerprint density at radius 2 is 1.88 bits per heavy atom. The zero-order valence-corrected chi connectivity index (χ0v) is 15.5. The number of nitrogens with one attached hydrogen (secondary N) is 1. The summed E-state index contributed by atoms with van der Waals surface area (Å²) in [7, 11) is 0. The van der Waals surface area contributed by atoms with Gasteiger partial charge in [0.1, 0.15) is 4.70 Å². The number of aromatic nitrogens is 1. The van der Waals surface area contributed by atoms with Gasteiger partial charge in [0.05, 0.1) is 6.61 Å². The van der Waals surface area contributed by atoms with Crippen LogP contribution in [0.1, 0.15) is 30.9 Å². The molecule has 0 aliphatic heterocycles. The average Bonchev–Trinajstić information content (AvgIpc) is 3.17. The highest BCUT2D eigenvalue weighted by atomic mass is 32.1. The van der Waals surface area contributed by atoms with Gasteiger partial charge in [0.2, 0.25) is 0 Å². The van der Waals surface area contributed by atoms with Crippen molar-refractivity contribution in [3.05, 3.63) is 69.3 Å². The van der Waals surface area contributed by atoms with Gasteiger partial charge in [-0.1, -0.05) is 43.7 Å². The van der Waals surface area contributed by atoms with Crippen LogP contribution in [0.3, 0.4) is 0 Å². The molecule has 3 nitrogen and oxygen atoms in total. The molecule has 0 amide bonds. The maximum absolute atomic E-state index is 12.3. The van der Waals surface area contributed by atoms with E-state index in [0.717, 1.165) is 44.1 Å². The van der Waals surface area contributed by atoms with E-state index < -0.39 is 0 Å². The molecule has 132 valence electrons. The first kappa shape index (κ1) is 17.0. The topological polar surface area (TPSA) is 53.1 Å². The molecule has 2 N–H and O–H groups in total. The molecule has 0 spiro atoms. The van der Waals surface area contributed by atoms with Crippen LogP contribution < -0.4 is 5.56 Å². The first-order valence-corrected chi connectivity index (χ1v) is 9.86. The number of aliphatic hydroxyl groups is 1. The predicted molar refractivity (Wildman–Crippen MR) is 110 cm³/mol. The molecule has 4 heteroatoms. The molecule has 2 aromatic heterocycles. The van der Waals surface area contributed by atoms with Crippen LogP contribution in [0.4, 0.5) is 0 Å². The minimum Gasteiger partial charge on any atom is -0.392 e. The first-order chi connectivity index (χ1) is 12.7. The van der Waals surface area contributed by atoms with Crippen LogP contribution in [-0.4, -0.2) is 10.1 Å². The molecule has 26 heavy (non-hydrogen) atoms. The molecule has 2 aromatic carbocycles. The molecular formula is C22H21NO2S. The molecule has 0 atom stereocenters. The van der Waals surface area contributed by atoms with Crippen molar-refractivity contribution in [2.75, 3.05) is 0 Å². The normalized spacial score (nSPS) is 11.5. The number of aliphatic hydroxyl groups excluding tert-OH is 1. The van der Waals surface area contributed by atoms with Crippen LogP contribution in [0, 0.1) is 0 Å². The smallest absolute Gasteiger partial charge is 0.266 e. The van der Waals surface area contributed by atoms with Crippen molar-refractivity contribution < 1.29 is 5.11 Å². The van der Waals surface area contributed by atoms with E-state index in [1.165, 1.54) is 29.7 Å². The molecule has 0 fully saturated rings. The molecule has 0 unspecified atom stereocenters. The standard InChI is InChI=1S/C22H21NO2S/c1-2-3-4-14-5-7-15(8-6-14)19-16(13-24)9-10-18-20(19)17-11-12-26-21(17)22(25)23-18/h5-12,24H,2-4,13H2,1H3,(H,23,25). The number of aromatic amines is 1. The highest BCUT2D eigenvalue weighted by Crippen LogP contribution is 2.36. The molecule has 0 aliphatic carbocycles. The maximum atomic E-state index is 12.3. The van der Waals surface area contributed by atoms with Crippen molar-refractivity contribution in [3.8, 4) is 11.1 Å². The number of fused-ring (bicyclic) bond motifs is 3. The van der Waals surface area contributed by atoms with Crippen LogP contribution in [0.25, 0.3) is 32.1 Å². The Kier molecular flexibility index (Phi) is 4.62. The van der Waals surface area contributed by atoms with Gasteiger partial charge in [0, 0.05) is 16.3 Å². The molecule has 0 saturated carbocycles. The second-order valence-electron chi connectivity index (χ2n) is 6.60. The fourth-order valence-corrected chi connectivity index (χ4v) is 4.37. The maximum Gasteiger partial charge on any atom is 0.266 e. The molecule has 2 heterocycles. The number of hydrogen-bond donors (Lipinski definition) is 2. The number of hydrogen-bond acceptors (Lipinski definition) is 3. The zero-order chi connectivity index (χ0) is 18.1. The number of benzene rings is 2. The zero-order valence-electron chi connectivity index (χ0n) is 14.7. The Labute approximate surface area is 155 Å². The lowest BCUT2D eigenvalue weighted by Crippen LogP contribution is -2.05. The fraction of sp³-hybridized carbons (Fsp3) is 0.227. The molecule has 0 saturated heterocycles. The highest BCUT2D eigenvalue weighted by Gasteiger charge is 2.15. The average molecular weight is 363 g/mol. The number of aryl methyl sites for hydroxylation is 1. The van der Waals surface area contributed by atoms with Crippen LogP contribution >= 0.6 is 11.3 Å². The summed E-state index contributed by atoms with van der Waals surface area (Å²) in [5, 5.41) is 13.8. The summed E-state index contributed by atoms with van der Waals surface area (Å²) < 4.78 is 0.730. The van der Waals surface area contributed by atoms with E-state index in [1.54, 1.807) is 0 Å². The molecule has 0 bridgehead atoms. The van der Waals surface area contributed by atoms with Crippen LogP contribution in [-0.2, 0) is 13.0 Å². The second-order valence-corrected chi connectivity index (χ2v) is 7.51. The summed E-state index contributed by atoms with van der Waals surface area (Å²) in [5.74, 6) is 0. The molecule has 4 rings (SSSR count). The van der Waals surface area contributed by atoms with E-state index in [9.17, 15) is 9.90 Å². The van der Waals surface area contributed by atoms with Gasteiger partial charge in [-0.05, 0) is 52.6 Å². The van der Waals surface area contributed by atoms with E-state index in [0.29, 0.717) is 0 Å². The lowest BCUT2D eigenvalue weighted by molar-refractivity contribution is 0.282. The van der Waals surface area contributed by atoms with Crippen LogP contribution in [0.2, 0.25) is 0 Å². The Morgan fingerprint density at radius 3 is 2.62 bits per heavy atom. The molecule has 0 radical (unpaired) electrons. The number of unbranched alkanes of at least 4 members (excludes halogenated alkanes) is 1. The molecular weight excluding hydrogens is 342 g/mol. The summed E-state index contributed by atoms with van der Waals surface area (Å²) >= 11 is 1.45. The largest absolute Gasteiger partial charge is 0.392 e. The molecule has 4 aromatic rings. The summed E-state index contributed by atoms with van der Waals surface area (Å²) in [6.07, 6.45) is 3.46. The van der Waals surface area contributed by atoms with E-state index in [1.807, 2.05) is 23.6 Å². The van der Waals surface area contributed by atoms with Gasteiger partial charge in [-0.2, -0.15) is 0 Å². The van der Waals surface area contributed by atoms with Gasteiger partial charge >= 0.3 is 0 Å². The summed E-state index contributed by atoms with van der Waals surface area (Å²) in [6, 6.07) is 14.4. The number of rotatable bonds is 5. The van der Waals surface area contributed by atoms with Crippen LogP contribution in [0.5, 0.6) is 0 Å². The predicted octanol–water partition coefficient (Wildman–Crippen LogP) is 5.24. The number of thiophene rings is 1. The van der Waals surface area contributed by atoms with Crippen molar-refractivity contribution in [2.45, 2.75) is 32.8 Å². The van der Waals surface area contributed by atoms with E-state index in [-0.39, 0.29) is 12.2 Å². The van der Waals surface area contributed by atoms with Crippen molar-refractivity contribution in [1.82, 2.24) is 4.98 Å². The SMILES string of the molecule is CCCCc1ccc(-c2c(CO)ccc3[nH]c(=O)c4sccc4c23)cc1. The molecule has 0 aliphatic rings. The third-order valence-electron chi connectivity index (χ3n) is 4.91. The number of H-pyrrole nitrogens is 1. The first-order valence-electron chi connectivity index (χ1n) is 8.98. The summed E-state index contributed by atoms with van der Waals surface area (Å²) in [4.78, 5) is 15.3. The lowest BCUT2D eigenvalue weighted by Gasteiger charge is -2.13. The third kappa shape index (κ3) is 2.85. The second kappa shape index (κ2) is 7.06. The highest BCUT2D eigenvalue weighted by molar-refractivity contribution is 7.17. The van der Waals surface area contributed by atoms with Crippen molar-refractivity contribution in [3.63, 3.8) is 0 Å². The minimum atomic E-state index is -0.0555. The van der Waals surface area contributed by atoms with Gasteiger partial charge in [-0.15, -0.1) is 11.3 Å². The Morgan fingerprint density at radius 1 is 1.08 bits per heavy atom. The number of pyridine rings is 1. The van der Waals surface area contributed by atoms with Crippen molar-refractivity contribution in [2.24, 2.45) is 0 Å². The fourth-order valence-electron chi connectivity index (χ4n) is 3.57.